The molecule has 0 saturated carbocycles. The van der Waals surface area contributed by atoms with Gasteiger partial charge in [0.15, 0.2) is 0 Å². The average molecular weight is 613 g/mol. The zero-order valence-electron chi connectivity index (χ0n) is 23.6. The molecule has 0 bridgehead atoms. The van der Waals surface area contributed by atoms with E-state index in [0.29, 0.717) is 39.4 Å². The molecule has 3 aromatic carbocycles. The Hall–Kier alpha value is -3.95. The predicted molar refractivity (Wildman–Crippen MR) is 157 cm³/mol. The van der Waals surface area contributed by atoms with E-state index < -0.39 is 24.2 Å². The molecule has 3 aromatic rings. The molecule has 9 nitrogen and oxygen atoms in total. The maximum absolute atomic E-state index is 13.4. The van der Waals surface area contributed by atoms with Crippen molar-refractivity contribution in [1.82, 2.24) is 4.90 Å². The smallest absolute Gasteiger partial charge is 0.411 e. The summed E-state index contributed by atoms with van der Waals surface area (Å²) < 4.78 is 22.4. The van der Waals surface area contributed by atoms with Crippen LogP contribution in [0.2, 0.25) is 10.0 Å². The second-order valence-corrected chi connectivity index (χ2v) is 11.2. The Balaban J connectivity index is 1.35. The molecule has 0 fully saturated rings. The Kier molecular flexibility index (Phi) is 8.52. The number of benzene rings is 3. The largest absolute Gasteiger partial charge is 0.489 e. The lowest BCUT2D eigenvalue weighted by molar-refractivity contribution is -0.147. The van der Waals surface area contributed by atoms with Gasteiger partial charge in [-0.25, -0.2) is 9.59 Å². The number of hydrogen-bond acceptors (Lipinski definition) is 7. The monoisotopic (exact) mass is 612 g/mol. The first kappa shape index (κ1) is 29.5. The number of hydrogen-bond donors (Lipinski definition) is 0. The molecule has 2 heterocycles. The minimum absolute atomic E-state index is 0.129. The van der Waals surface area contributed by atoms with Crippen molar-refractivity contribution < 1.29 is 33.3 Å². The number of fused-ring (bicyclic) bond motifs is 2. The average Bonchev–Trinajstić information content (AvgIpc) is 2.97. The fraction of sp³-hybridized carbons (Fsp3) is 0.323. The minimum atomic E-state index is -0.877. The summed E-state index contributed by atoms with van der Waals surface area (Å²) in [5.74, 6) is 0.331. The van der Waals surface area contributed by atoms with Crippen molar-refractivity contribution in [3.05, 3.63) is 86.9 Å². The molecule has 5 rings (SSSR count). The van der Waals surface area contributed by atoms with Crippen molar-refractivity contribution in [2.45, 2.75) is 51.7 Å². The van der Waals surface area contributed by atoms with E-state index in [1.807, 2.05) is 18.2 Å². The highest BCUT2D eigenvalue weighted by molar-refractivity contribution is 6.42. The fourth-order valence-corrected chi connectivity index (χ4v) is 5.31. The van der Waals surface area contributed by atoms with E-state index in [2.05, 4.69) is 0 Å². The van der Waals surface area contributed by atoms with E-state index in [1.54, 1.807) is 62.2 Å². The lowest BCUT2D eigenvalue weighted by Gasteiger charge is -2.37. The van der Waals surface area contributed by atoms with Crippen LogP contribution in [0.5, 0.6) is 11.5 Å². The lowest BCUT2D eigenvalue weighted by atomic mass is 9.92. The second kappa shape index (κ2) is 12.1. The Labute approximate surface area is 253 Å². The van der Waals surface area contributed by atoms with Gasteiger partial charge < -0.3 is 23.8 Å². The van der Waals surface area contributed by atoms with Crippen LogP contribution in [-0.2, 0) is 38.6 Å². The number of carbonyl (C=O) groups is 3. The molecule has 0 N–H and O–H groups in total. The third-order valence-corrected chi connectivity index (χ3v) is 7.93. The van der Waals surface area contributed by atoms with Crippen LogP contribution in [0.4, 0.5) is 10.5 Å². The zero-order valence-corrected chi connectivity index (χ0v) is 25.1. The highest BCUT2D eigenvalue weighted by atomic mass is 35.5. The quantitative estimate of drug-likeness (QED) is 0.310. The fourth-order valence-electron chi connectivity index (χ4n) is 4.98. The summed E-state index contributed by atoms with van der Waals surface area (Å²) in [6.45, 7) is 3.92. The van der Waals surface area contributed by atoms with Gasteiger partial charge >= 0.3 is 12.1 Å². The molecule has 11 heteroatoms. The molecule has 2 atom stereocenters. The van der Waals surface area contributed by atoms with Crippen molar-refractivity contribution >= 4 is 46.9 Å². The zero-order chi connectivity index (χ0) is 30.1. The first-order valence-corrected chi connectivity index (χ1v) is 14.1. The molecule has 2 unspecified atom stereocenters. The maximum Gasteiger partial charge on any atom is 0.411 e. The summed E-state index contributed by atoms with van der Waals surface area (Å²) in [5, 5.41) is 0.934. The van der Waals surface area contributed by atoms with Crippen LogP contribution < -0.4 is 14.4 Å². The van der Waals surface area contributed by atoms with E-state index in [-0.39, 0.29) is 25.0 Å². The lowest BCUT2D eigenvalue weighted by Crippen LogP contribution is -2.50. The summed E-state index contributed by atoms with van der Waals surface area (Å²) in [5.41, 5.74) is 3.73. The number of likely N-dealkylation sites (N-methyl/N-ethyl adjacent to an activating group) is 1. The molecular formula is C31H30Cl2N2O7. The van der Waals surface area contributed by atoms with E-state index >= 15 is 0 Å². The summed E-state index contributed by atoms with van der Waals surface area (Å²) in [7, 11) is 2.97. The highest BCUT2D eigenvalue weighted by Gasteiger charge is 2.40. The van der Waals surface area contributed by atoms with Crippen molar-refractivity contribution in [3.63, 3.8) is 0 Å². The molecule has 0 spiro atoms. The van der Waals surface area contributed by atoms with Gasteiger partial charge in [0.1, 0.15) is 24.1 Å². The van der Waals surface area contributed by atoms with Crippen molar-refractivity contribution in [3.8, 4) is 11.5 Å². The molecule has 2 aliphatic rings. The number of rotatable bonds is 6. The van der Waals surface area contributed by atoms with Crippen molar-refractivity contribution in [1.29, 1.82) is 0 Å². The van der Waals surface area contributed by atoms with Gasteiger partial charge in [-0.05, 0) is 66.9 Å². The number of halogens is 2. The Morgan fingerprint density at radius 3 is 2.43 bits per heavy atom. The Bertz CT molecular complexity index is 1530. The minimum Gasteiger partial charge on any atom is -0.489 e. The topological polar surface area (TPSA) is 94.6 Å². The summed E-state index contributed by atoms with van der Waals surface area (Å²) >= 11 is 12.1. The first-order valence-electron chi connectivity index (χ1n) is 13.4. The predicted octanol–water partition coefficient (Wildman–Crippen LogP) is 6.11. The Morgan fingerprint density at radius 2 is 1.76 bits per heavy atom. The second-order valence-electron chi connectivity index (χ2n) is 10.4. The summed E-state index contributed by atoms with van der Waals surface area (Å²) in [6, 6.07) is 15.2. The van der Waals surface area contributed by atoms with Crippen LogP contribution in [0.1, 0.15) is 42.2 Å². The highest BCUT2D eigenvalue weighted by Crippen LogP contribution is 2.42. The van der Waals surface area contributed by atoms with Crippen molar-refractivity contribution in [2.24, 2.45) is 0 Å². The molecular weight excluding hydrogens is 583 g/mol. The molecule has 220 valence electrons. The van der Waals surface area contributed by atoms with Gasteiger partial charge in [-0.1, -0.05) is 41.4 Å². The van der Waals surface area contributed by atoms with E-state index in [4.69, 9.17) is 42.1 Å². The third kappa shape index (κ3) is 5.98. The SMILES string of the molecule is COC(=O)C1Cc2cc3c(cc2CN1C(=O)OC(C)C)OC(c1ccc(OCc2ccc(Cl)c(Cl)c2)cc1)C(=O)N3C. The van der Waals surface area contributed by atoms with Gasteiger partial charge in [-0.2, -0.15) is 0 Å². The third-order valence-electron chi connectivity index (χ3n) is 7.19. The van der Waals surface area contributed by atoms with Gasteiger partial charge in [-0.3, -0.25) is 9.69 Å². The number of amides is 2. The van der Waals surface area contributed by atoms with Crippen LogP contribution in [0.15, 0.2) is 54.6 Å². The number of esters is 1. The molecule has 0 saturated heterocycles. The van der Waals surface area contributed by atoms with Crippen LogP contribution >= 0.6 is 23.2 Å². The molecule has 2 amide bonds. The Morgan fingerprint density at radius 1 is 1.02 bits per heavy atom. The van der Waals surface area contributed by atoms with Crippen LogP contribution in [-0.4, -0.2) is 49.2 Å². The van der Waals surface area contributed by atoms with Gasteiger partial charge in [-0.15, -0.1) is 0 Å². The van der Waals surface area contributed by atoms with Gasteiger partial charge in [0.2, 0.25) is 6.10 Å². The number of nitrogens with zero attached hydrogens (tertiary/aromatic N) is 2. The number of carbonyl (C=O) groups excluding carboxylic acids is 3. The number of methoxy groups -OCH3 is 1. The van der Waals surface area contributed by atoms with E-state index in [0.717, 1.165) is 16.7 Å². The molecule has 0 aromatic heterocycles. The molecule has 2 aliphatic heterocycles. The van der Waals surface area contributed by atoms with Gasteiger partial charge in [0.05, 0.1) is 35.5 Å². The van der Waals surface area contributed by atoms with Crippen LogP contribution in [0.25, 0.3) is 0 Å². The normalized spacial score (nSPS) is 17.7. The number of anilines is 1. The molecule has 42 heavy (non-hydrogen) atoms. The maximum atomic E-state index is 13.4. The van der Waals surface area contributed by atoms with Gasteiger partial charge in [0.25, 0.3) is 5.91 Å². The molecule has 0 aliphatic carbocycles. The van der Waals surface area contributed by atoms with Crippen LogP contribution in [0.3, 0.4) is 0 Å². The summed E-state index contributed by atoms with van der Waals surface area (Å²) in [6.07, 6.45) is -1.61. The van der Waals surface area contributed by atoms with Crippen molar-refractivity contribution in [2.75, 3.05) is 19.1 Å². The van der Waals surface area contributed by atoms with Gasteiger partial charge in [0, 0.05) is 19.0 Å². The number of ether oxygens (including phenoxy) is 4. The summed E-state index contributed by atoms with van der Waals surface area (Å²) in [4.78, 5) is 41.7. The molecule has 0 radical (unpaired) electrons. The first-order chi connectivity index (χ1) is 20.0. The van der Waals surface area contributed by atoms with E-state index in [1.165, 1.54) is 12.0 Å². The van der Waals surface area contributed by atoms with Crippen LogP contribution in [0, 0.1) is 0 Å². The van der Waals surface area contributed by atoms with E-state index in [9.17, 15) is 14.4 Å². The standard InChI is InChI=1S/C31H30Cl2N2O7/c1-17(2)41-31(38)35-15-21-14-27-25(12-20(21)13-26(35)30(37)39-4)34(3)29(36)28(42-27)19-6-8-22(9-7-19)40-16-18-5-10-23(32)24(33)11-18/h5-12,14,17,26,28H,13,15-16H2,1-4H3.